The molecule has 0 saturated carbocycles. The second-order valence-electron chi connectivity index (χ2n) is 3.77. The molecule has 0 radical (unpaired) electrons. The van der Waals surface area contributed by atoms with Crippen LogP contribution in [0, 0.1) is 5.82 Å². The Morgan fingerprint density at radius 1 is 1.17 bits per heavy atom. The first-order valence-electron chi connectivity index (χ1n) is 5.52. The molecule has 2 aromatic rings. The minimum Gasteiger partial charge on any atom is -0.380 e. The molecule has 0 saturated heterocycles. The van der Waals surface area contributed by atoms with Crippen molar-refractivity contribution in [2.45, 2.75) is 11.4 Å². The Bertz CT molecular complexity index is 545. The third kappa shape index (κ3) is 2.98. The molecule has 94 valence electrons. The smallest absolute Gasteiger partial charge is 0.142 e. The first-order valence-corrected chi connectivity index (χ1v) is 7.12. The summed E-state index contributed by atoms with van der Waals surface area (Å²) in [5.41, 5.74) is 1.79. The molecule has 1 nitrogen and oxygen atoms in total. The minimum atomic E-state index is -0.380. The number of para-hydroxylation sites is 1. The van der Waals surface area contributed by atoms with E-state index in [1.165, 1.54) is 6.07 Å². The van der Waals surface area contributed by atoms with Crippen molar-refractivity contribution in [3.8, 4) is 0 Å². The largest absolute Gasteiger partial charge is 0.380 e. The topological polar surface area (TPSA) is 12.0 Å². The van der Waals surface area contributed by atoms with Gasteiger partial charge in [0.2, 0.25) is 0 Å². The number of anilines is 1. The molecule has 18 heavy (non-hydrogen) atoms. The Kier molecular flexibility index (Phi) is 4.50. The quantitative estimate of drug-likeness (QED) is 0.807. The van der Waals surface area contributed by atoms with Crippen LogP contribution in [-0.4, -0.2) is 6.26 Å². The van der Waals surface area contributed by atoms with Gasteiger partial charge in [-0.3, -0.25) is 0 Å². The molecule has 0 aliphatic rings. The highest BCUT2D eigenvalue weighted by Gasteiger charge is 2.06. The Morgan fingerprint density at radius 2 is 1.94 bits per heavy atom. The summed E-state index contributed by atoms with van der Waals surface area (Å²) in [5, 5.41) is 3.46. The third-order valence-corrected chi connectivity index (χ3v) is 3.83. The Balaban J connectivity index is 2.14. The second-order valence-corrected chi connectivity index (χ2v) is 4.99. The fourth-order valence-electron chi connectivity index (χ4n) is 1.67. The summed E-state index contributed by atoms with van der Waals surface area (Å²) >= 11 is 7.58. The highest BCUT2D eigenvalue weighted by molar-refractivity contribution is 7.98. The molecule has 0 amide bonds. The zero-order chi connectivity index (χ0) is 13.0. The van der Waals surface area contributed by atoms with Crippen molar-refractivity contribution in [1.82, 2.24) is 0 Å². The molecular weight excluding hydrogens is 269 g/mol. The first kappa shape index (κ1) is 13.2. The molecule has 2 rings (SSSR count). The van der Waals surface area contributed by atoms with Crippen LogP contribution in [0.3, 0.4) is 0 Å². The molecule has 0 aromatic heterocycles. The van der Waals surface area contributed by atoms with Crippen LogP contribution < -0.4 is 5.32 Å². The number of rotatable bonds is 4. The van der Waals surface area contributed by atoms with Crippen molar-refractivity contribution in [2.24, 2.45) is 0 Å². The number of hydrogen-bond donors (Lipinski definition) is 1. The van der Waals surface area contributed by atoms with Gasteiger partial charge in [0, 0.05) is 17.1 Å². The summed E-state index contributed by atoms with van der Waals surface area (Å²) in [4.78, 5) is 1.16. The van der Waals surface area contributed by atoms with Crippen molar-refractivity contribution in [1.29, 1.82) is 0 Å². The number of nitrogens with one attached hydrogen (secondary N) is 1. The van der Waals surface area contributed by atoms with Crippen molar-refractivity contribution < 1.29 is 4.39 Å². The number of benzene rings is 2. The fourth-order valence-corrected chi connectivity index (χ4v) is 2.43. The van der Waals surface area contributed by atoms with Gasteiger partial charge < -0.3 is 5.32 Å². The molecule has 0 heterocycles. The molecule has 0 atom stereocenters. The van der Waals surface area contributed by atoms with Gasteiger partial charge in [0.15, 0.2) is 0 Å². The van der Waals surface area contributed by atoms with Crippen LogP contribution >= 0.6 is 23.4 Å². The predicted molar refractivity (Wildman–Crippen MR) is 77.0 cm³/mol. The van der Waals surface area contributed by atoms with Crippen LogP contribution in [0.2, 0.25) is 5.02 Å². The van der Waals surface area contributed by atoms with E-state index in [0.29, 0.717) is 6.54 Å². The average Bonchev–Trinajstić information content (AvgIpc) is 2.41. The predicted octanol–water partition coefficient (Wildman–Crippen LogP) is 4.81. The monoisotopic (exact) mass is 281 g/mol. The fraction of sp³-hybridized carbons (Fsp3) is 0.143. The van der Waals surface area contributed by atoms with E-state index >= 15 is 0 Å². The summed E-state index contributed by atoms with van der Waals surface area (Å²) in [6.45, 7) is 0.508. The maximum atomic E-state index is 13.3. The van der Waals surface area contributed by atoms with Gasteiger partial charge in [-0.15, -0.1) is 11.8 Å². The maximum Gasteiger partial charge on any atom is 0.142 e. The van der Waals surface area contributed by atoms with E-state index in [1.807, 2.05) is 36.6 Å². The van der Waals surface area contributed by atoms with Crippen molar-refractivity contribution in [3.63, 3.8) is 0 Å². The van der Waals surface area contributed by atoms with Crippen molar-refractivity contribution in [2.75, 3.05) is 11.6 Å². The zero-order valence-electron chi connectivity index (χ0n) is 9.91. The van der Waals surface area contributed by atoms with E-state index in [1.54, 1.807) is 17.8 Å². The van der Waals surface area contributed by atoms with Gasteiger partial charge in [0.25, 0.3) is 0 Å². The second kappa shape index (κ2) is 6.12. The molecule has 1 N–H and O–H groups in total. The van der Waals surface area contributed by atoms with Crippen LogP contribution in [-0.2, 0) is 6.54 Å². The first-order chi connectivity index (χ1) is 8.72. The molecule has 0 fully saturated rings. The highest BCUT2D eigenvalue weighted by atomic mass is 35.5. The van der Waals surface area contributed by atoms with E-state index < -0.39 is 0 Å². The molecule has 0 aliphatic heterocycles. The van der Waals surface area contributed by atoms with Crippen LogP contribution in [0.4, 0.5) is 10.1 Å². The van der Waals surface area contributed by atoms with Crippen LogP contribution in [0.25, 0.3) is 0 Å². The summed E-state index contributed by atoms with van der Waals surface area (Å²) in [5.74, 6) is -0.380. The maximum absolute atomic E-state index is 13.3. The van der Waals surface area contributed by atoms with Gasteiger partial charge in [-0.05, 0) is 30.0 Å². The van der Waals surface area contributed by atoms with Crippen molar-refractivity contribution in [3.05, 3.63) is 58.9 Å². The van der Waals surface area contributed by atoms with Crippen LogP contribution in [0.1, 0.15) is 5.56 Å². The van der Waals surface area contributed by atoms with Gasteiger partial charge >= 0.3 is 0 Å². The van der Waals surface area contributed by atoms with Crippen LogP contribution in [0.15, 0.2) is 47.4 Å². The number of hydrogen-bond acceptors (Lipinski definition) is 2. The SMILES string of the molecule is CSc1ccccc1NCc1cccc(F)c1Cl. The van der Waals surface area contributed by atoms with E-state index in [2.05, 4.69) is 5.32 Å². The molecule has 2 aromatic carbocycles. The van der Waals surface area contributed by atoms with E-state index in [4.69, 9.17) is 11.6 Å². The van der Waals surface area contributed by atoms with E-state index in [0.717, 1.165) is 16.1 Å². The molecular formula is C14H13ClFNS. The summed E-state index contributed by atoms with van der Waals surface area (Å²) < 4.78 is 13.3. The number of halogens is 2. The Hall–Kier alpha value is -1.19. The normalized spacial score (nSPS) is 10.4. The Labute approximate surface area is 115 Å². The minimum absolute atomic E-state index is 0.187. The average molecular weight is 282 g/mol. The van der Waals surface area contributed by atoms with Gasteiger partial charge in [0.05, 0.1) is 5.02 Å². The molecule has 0 spiro atoms. The third-order valence-electron chi connectivity index (χ3n) is 2.61. The lowest BCUT2D eigenvalue weighted by Gasteiger charge is -2.11. The van der Waals surface area contributed by atoms with Gasteiger partial charge in [-0.25, -0.2) is 4.39 Å². The lowest BCUT2D eigenvalue weighted by Crippen LogP contribution is -2.01. The van der Waals surface area contributed by atoms with Gasteiger partial charge in [-0.2, -0.15) is 0 Å². The Morgan fingerprint density at radius 3 is 2.72 bits per heavy atom. The van der Waals surface area contributed by atoms with E-state index in [-0.39, 0.29) is 10.8 Å². The zero-order valence-corrected chi connectivity index (χ0v) is 11.5. The van der Waals surface area contributed by atoms with Gasteiger partial charge in [-0.1, -0.05) is 35.9 Å². The lowest BCUT2D eigenvalue weighted by molar-refractivity contribution is 0.626. The summed E-state index contributed by atoms with van der Waals surface area (Å²) in [6.07, 6.45) is 2.02. The molecule has 0 bridgehead atoms. The molecule has 4 heteroatoms. The van der Waals surface area contributed by atoms with Gasteiger partial charge in [0.1, 0.15) is 5.82 Å². The van der Waals surface area contributed by atoms with Crippen molar-refractivity contribution >= 4 is 29.1 Å². The number of thioether (sulfide) groups is 1. The lowest BCUT2D eigenvalue weighted by atomic mass is 10.2. The molecule has 0 aliphatic carbocycles. The standard InChI is InChI=1S/C14H13ClFNS/c1-18-13-8-3-2-7-12(13)17-9-10-5-4-6-11(16)14(10)15/h2-8,17H,9H2,1H3. The summed E-state index contributed by atoms with van der Waals surface area (Å²) in [6, 6.07) is 12.8. The van der Waals surface area contributed by atoms with E-state index in [9.17, 15) is 4.39 Å². The molecule has 0 unspecified atom stereocenters. The van der Waals surface area contributed by atoms with Crippen LogP contribution in [0.5, 0.6) is 0 Å². The highest BCUT2D eigenvalue weighted by Crippen LogP contribution is 2.26. The summed E-state index contributed by atoms with van der Waals surface area (Å²) in [7, 11) is 0.